The van der Waals surface area contributed by atoms with Crippen LogP contribution in [0.1, 0.15) is 52.0 Å². The third kappa shape index (κ3) is 5.86. The lowest BCUT2D eigenvalue weighted by molar-refractivity contribution is -0.139. The summed E-state index contributed by atoms with van der Waals surface area (Å²) in [6.45, 7) is 9.80. The fourth-order valence-corrected chi connectivity index (χ4v) is 4.60. The fourth-order valence-electron chi connectivity index (χ4n) is 3.18. The van der Waals surface area contributed by atoms with E-state index in [0.717, 1.165) is 37.8 Å². The minimum absolute atomic E-state index is 0.0910. The maximum absolute atomic E-state index is 13.2. The summed E-state index contributed by atoms with van der Waals surface area (Å²) in [7, 11) is -1.82. The van der Waals surface area contributed by atoms with Crippen LogP contribution in [-0.4, -0.2) is 27.3 Å². The minimum atomic E-state index is -4.60. The Balaban J connectivity index is 1.98. The van der Waals surface area contributed by atoms with Crippen LogP contribution in [0.5, 0.6) is 5.75 Å². The number of rotatable bonds is 6. The van der Waals surface area contributed by atoms with E-state index in [1.54, 1.807) is 0 Å². The Morgan fingerprint density at radius 1 is 1.07 bits per heavy atom. The van der Waals surface area contributed by atoms with Gasteiger partial charge in [-0.15, -0.1) is 0 Å². The van der Waals surface area contributed by atoms with Gasteiger partial charge in [0.2, 0.25) is 6.86 Å². The molecule has 1 aliphatic carbocycles. The van der Waals surface area contributed by atoms with Gasteiger partial charge in [-0.25, -0.2) is 4.39 Å². The van der Waals surface area contributed by atoms with E-state index in [1.165, 1.54) is 6.07 Å². The summed E-state index contributed by atoms with van der Waals surface area (Å²) in [5, 5.41) is 3.34. The maximum Gasteiger partial charge on any atom is 0.420 e. The van der Waals surface area contributed by atoms with E-state index in [-0.39, 0.29) is 17.2 Å². The summed E-state index contributed by atoms with van der Waals surface area (Å²) < 4.78 is 62.8. The van der Waals surface area contributed by atoms with Crippen molar-refractivity contribution >= 4 is 14.0 Å². The van der Waals surface area contributed by atoms with Gasteiger partial charge in [-0.3, -0.25) is 0 Å². The van der Waals surface area contributed by atoms with Crippen LogP contribution in [0.15, 0.2) is 18.2 Å². The van der Waals surface area contributed by atoms with E-state index >= 15 is 0 Å². The van der Waals surface area contributed by atoms with E-state index in [4.69, 9.17) is 4.43 Å². The number of hydrogen-bond acceptors (Lipinski definition) is 3. The molecule has 1 aliphatic rings. The second-order valence-electron chi connectivity index (χ2n) is 8.96. The lowest BCUT2D eigenvalue weighted by atomic mass is 9.93. The lowest BCUT2D eigenvalue weighted by Crippen LogP contribution is -2.45. The van der Waals surface area contributed by atoms with Gasteiger partial charge >= 0.3 is 6.18 Å². The highest BCUT2D eigenvalue weighted by Crippen LogP contribution is 2.40. The smallest absolute Gasteiger partial charge is 0.420 e. The molecule has 0 bridgehead atoms. The van der Waals surface area contributed by atoms with Gasteiger partial charge in [0.25, 0.3) is 0 Å². The molecule has 0 amide bonds. The number of halogens is 4. The Morgan fingerprint density at radius 2 is 1.68 bits per heavy atom. The molecular formula is C20H31F4NO2Si. The Kier molecular flexibility index (Phi) is 7.07. The topological polar surface area (TPSA) is 30.5 Å². The highest BCUT2D eigenvalue weighted by molar-refractivity contribution is 6.74. The van der Waals surface area contributed by atoms with Crippen LogP contribution < -0.4 is 10.1 Å². The summed E-state index contributed by atoms with van der Waals surface area (Å²) in [5.41, 5.74) is -0.600. The normalized spacial score (nSPS) is 21.5. The molecule has 0 saturated heterocycles. The molecule has 3 nitrogen and oxygen atoms in total. The predicted molar refractivity (Wildman–Crippen MR) is 106 cm³/mol. The van der Waals surface area contributed by atoms with Gasteiger partial charge in [-0.05, 0) is 62.0 Å². The first-order chi connectivity index (χ1) is 12.8. The van der Waals surface area contributed by atoms with Crippen molar-refractivity contribution in [2.45, 2.75) is 82.9 Å². The molecule has 1 N–H and O–H groups in total. The van der Waals surface area contributed by atoms with Crippen molar-refractivity contribution in [1.29, 1.82) is 0 Å². The summed E-state index contributed by atoms with van der Waals surface area (Å²) >= 11 is 0. The molecule has 2 rings (SSSR count). The fraction of sp³-hybridized carbons (Fsp3) is 0.700. The maximum atomic E-state index is 13.2. The summed E-state index contributed by atoms with van der Waals surface area (Å²) in [5.74, 6) is -0.493. The summed E-state index contributed by atoms with van der Waals surface area (Å²) in [6, 6.07) is 3.74. The Labute approximate surface area is 165 Å². The second kappa shape index (κ2) is 8.61. The van der Waals surface area contributed by atoms with Crippen LogP contribution in [0.25, 0.3) is 0 Å². The SMILES string of the molecule is CC(C)(C)[Si](C)(C)OC1CCC(Nc2ccc(OCF)c(C(F)(F)F)c2)CC1. The molecule has 28 heavy (non-hydrogen) atoms. The van der Waals surface area contributed by atoms with Crippen molar-refractivity contribution < 1.29 is 26.7 Å². The van der Waals surface area contributed by atoms with Crippen molar-refractivity contribution in [3.63, 3.8) is 0 Å². The third-order valence-electron chi connectivity index (χ3n) is 5.81. The lowest BCUT2D eigenvalue weighted by Gasteiger charge is -2.41. The van der Waals surface area contributed by atoms with Crippen molar-refractivity contribution in [1.82, 2.24) is 0 Å². The van der Waals surface area contributed by atoms with Crippen LogP contribution >= 0.6 is 0 Å². The van der Waals surface area contributed by atoms with Crippen molar-refractivity contribution in [2.75, 3.05) is 12.2 Å². The van der Waals surface area contributed by atoms with Crippen molar-refractivity contribution in [3.8, 4) is 5.75 Å². The molecule has 8 heteroatoms. The molecule has 1 saturated carbocycles. The monoisotopic (exact) mass is 421 g/mol. The molecule has 1 fully saturated rings. The molecule has 1 aromatic carbocycles. The molecule has 0 atom stereocenters. The number of benzene rings is 1. The Morgan fingerprint density at radius 3 is 2.18 bits per heavy atom. The molecule has 0 aromatic heterocycles. The molecule has 0 spiro atoms. The van der Waals surface area contributed by atoms with E-state index < -0.39 is 32.7 Å². The van der Waals surface area contributed by atoms with Gasteiger partial charge in [0.05, 0.1) is 5.56 Å². The number of ether oxygens (including phenoxy) is 1. The molecular weight excluding hydrogens is 390 g/mol. The van der Waals surface area contributed by atoms with E-state index in [1.807, 2.05) is 0 Å². The summed E-state index contributed by atoms with van der Waals surface area (Å²) in [6.07, 6.45) is -0.938. The zero-order valence-corrected chi connectivity index (χ0v) is 18.3. The standard InChI is InChI=1S/C20H31F4NO2Si/c1-19(2,3)28(4,5)27-16-9-6-14(7-10-16)25-15-8-11-18(26-13-21)17(12-15)20(22,23)24/h8,11-12,14,16,25H,6-7,9-10,13H2,1-5H3. The van der Waals surface area contributed by atoms with Gasteiger partial charge in [0.1, 0.15) is 5.75 Å². The van der Waals surface area contributed by atoms with Gasteiger partial charge in [0, 0.05) is 17.8 Å². The van der Waals surface area contributed by atoms with Gasteiger partial charge in [-0.2, -0.15) is 13.2 Å². The van der Waals surface area contributed by atoms with Crippen LogP contribution in [-0.2, 0) is 10.6 Å². The van der Waals surface area contributed by atoms with Gasteiger partial charge < -0.3 is 14.5 Å². The quantitative estimate of drug-likeness (QED) is 0.407. The zero-order chi connectivity index (χ0) is 21.2. The average molecular weight is 422 g/mol. The molecule has 0 heterocycles. The largest absolute Gasteiger partial charge is 0.462 e. The van der Waals surface area contributed by atoms with E-state index in [2.05, 4.69) is 43.9 Å². The van der Waals surface area contributed by atoms with Gasteiger partial charge in [-0.1, -0.05) is 20.8 Å². The molecule has 1 aromatic rings. The molecule has 0 unspecified atom stereocenters. The van der Waals surface area contributed by atoms with Crippen molar-refractivity contribution in [2.24, 2.45) is 0 Å². The molecule has 0 radical (unpaired) electrons. The van der Waals surface area contributed by atoms with Crippen molar-refractivity contribution in [3.05, 3.63) is 23.8 Å². The average Bonchev–Trinajstić information content (AvgIpc) is 2.56. The Bertz CT molecular complexity index is 651. The number of hydrogen-bond donors (Lipinski definition) is 1. The zero-order valence-electron chi connectivity index (χ0n) is 17.3. The molecule has 0 aliphatic heterocycles. The van der Waals surface area contributed by atoms with Crippen LogP contribution in [0, 0.1) is 0 Å². The Hall–Kier alpha value is -1.28. The number of anilines is 1. The summed E-state index contributed by atoms with van der Waals surface area (Å²) in [4.78, 5) is 0. The first kappa shape index (κ1) is 23.0. The predicted octanol–water partition coefficient (Wildman–Crippen LogP) is 6.76. The third-order valence-corrected chi connectivity index (χ3v) is 10.3. The minimum Gasteiger partial charge on any atom is -0.462 e. The van der Waals surface area contributed by atoms with Crippen LogP contribution in [0.2, 0.25) is 18.1 Å². The van der Waals surface area contributed by atoms with Crippen LogP contribution in [0.4, 0.5) is 23.2 Å². The second-order valence-corrected chi connectivity index (χ2v) is 13.7. The highest BCUT2D eigenvalue weighted by Gasteiger charge is 2.40. The first-order valence-corrected chi connectivity index (χ1v) is 12.6. The first-order valence-electron chi connectivity index (χ1n) is 9.68. The van der Waals surface area contributed by atoms with Gasteiger partial charge in [0.15, 0.2) is 8.32 Å². The number of nitrogens with one attached hydrogen (secondary N) is 1. The number of alkyl halides is 4. The van der Waals surface area contributed by atoms with E-state index in [9.17, 15) is 17.6 Å². The van der Waals surface area contributed by atoms with E-state index in [0.29, 0.717) is 5.69 Å². The molecule has 160 valence electrons. The van der Waals surface area contributed by atoms with Crippen LogP contribution in [0.3, 0.4) is 0 Å². The highest BCUT2D eigenvalue weighted by atomic mass is 28.4.